The van der Waals surface area contributed by atoms with Crippen LogP contribution in [-0.2, 0) is 16.0 Å². The summed E-state index contributed by atoms with van der Waals surface area (Å²) in [5.41, 5.74) is 4.43. The Kier molecular flexibility index (Phi) is 7.13. The second kappa shape index (κ2) is 9.56. The molecule has 1 saturated heterocycles. The molecule has 150 valence electrons. The van der Waals surface area contributed by atoms with Crippen LogP contribution in [0.3, 0.4) is 0 Å². The highest BCUT2D eigenvalue weighted by Gasteiger charge is 2.24. The Morgan fingerprint density at radius 1 is 1.22 bits per heavy atom. The first-order valence-electron chi connectivity index (χ1n) is 10.5. The lowest BCUT2D eigenvalue weighted by Gasteiger charge is -2.37. The van der Waals surface area contributed by atoms with Gasteiger partial charge in [0.25, 0.3) is 0 Å². The van der Waals surface area contributed by atoms with Gasteiger partial charge in [-0.1, -0.05) is 6.07 Å². The van der Waals surface area contributed by atoms with E-state index in [-0.39, 0.29) is 5.97 Å². The van der Waals surface area contributed by atoms with Gasteiger partial charge in [0.15, 0.2) is 0 Å². The highest BCUT2D eigenvalue weighted by Crippen LogP contribution is 2.35. The molecule has 1 aliphatic heterocycles. The molecule has 3 rings (SSSR count). The number of benzene rings is 1. The number of carbonyl (C=O) groups excluding carboxylic acids is 1. The molecule has 0 aromatic heterocycles. The average Bonchev–Trinajstić information content (AvgIpc) is 2.68. The SMILES string of the molecule is CCOC(=O)CCCN1CCN(c2ccc3c(c2)C(N(C)C)CCC3)CC1. The number of piperazine rings is 1. The zero-order valence-electron chi connectivity index (χ0n) is 17.2. The number of nitrogens with zero attached hydrogens (tertiary/aromatic N) is 3. The van der Waals surface area contributed by atoms with Crippen molar-refractivity contribution in [2.45, 2.75) is 45.1 Å². The molecule has 2 aliphatic rings. The van der Waals surface area contributed by atoms with E-state index in [4.69, 9.17) is 4.74 Å². The van der Waals surface area contributed by atoms with Crippen molar-refractivity contribution in [1.29, 1.82) is 0 Å². The number of anilines is 1. The van der Waals surface area contributed by atoms with E-state index in [1.165, 1.54) is 36.1 Å². The van der Waals surface area contributed by atoms with Gasteiger partial charge in [0.2, 0.25) is 0 Å². The molecule has 1 aliphatic carbocycles. The molecule has 5 nitrogen and oxygen atoms in total. The summed E-state index contributed by atoms with van der Waals surface area (Å²) in [4.78, 5) is 18.8. The standard InChI is InChI=1S/C22H35N3O2/c1-4-27-22(26)9-6-12-24-13-15-25(16-14-24)19-11-10-18-7-5-8-21(23(2)3)20(18)17-19/h10-11,17,21H,4-9,12-16H2,1-3H3. The molecule has 0 N–H and O–H groups in total. The Morgan fingerprint density at radius 3 is 2.70 bits per heavy atom. The minimum Gasteiger partial charge on any atom is -0.466 e. The van der Waals surface area contributed by atoms with Gasteiger partial charge in [-0.3, -0.25) is 9.69 Å². The Morgan fingerprint density at radius 2 is 2.00 bits per heavy atom. The quantitative estimate of drug-likeness (QED) is 0.687. The average molecular weight is 374 g/mol. The van der Waals surface area contributed by atoms with Gasteiger partial charge in [-0.05, 0) is 76.5 Å². The minimum atomic E-state index is -0.0689. The van der Waals surface area contributed by atoms with E-state index in [9.17, 15) is 4.79 Å². The Bertz CT molecular complexity index is 624. The first kappa shape index (κ1) is 20.2. The first-order chi connectivity index (χ1) is 13.1. The van der Waals surface area contributed by atoms with Gasteiger partial charge >= 0.3 is 5.97 Å². The van der Waals surface area contributed by atoms with Crippen LogP contribution >= 0.6 is 0 Å². The Labute approximate surface area is 164 Å². The van der Waals surface area contributed by atoms with Gasteiger partial charge in [0.05, 0.1) is 6.61 Å². The topological polar surface area (TPSA) is 36.0 Å². The van der Waals surface area contributed by atoms with Gasteiger partial charge in [-0.2, -0.15) is 0 Å². The van der Waals surface area contributed by atoms with Crippen LogP contribution in [0.15, 0.2) is 18.2 Å². The highest BCUT2D eigenvalue weighted by molar-refractivity contribution is 5.69. The summed E-state index contributed by atoms with van der Waals surface area (Å²) in [6, 6.07) is 7.66. The number of fused-ring (bicyclic) bond motifs is 1. The van der Waals surface area contributed by atoms with Crippen molar-refractivity contribution in [2.24, 2.45) is 0 Å². The van der Waals surface area contributed by atoms with Crippen molar-refractivity contribution in [3.05, 3.63) is 29.3 Å². The molecule has 1 aromatic rings. The molecule has 5 heteroatoms. The summed E-state index contributed by atoms with van der Waals surface area (Å²) < 4.78 is 5.01. The number of rotatable bonds is 7. The number of hydrogen-bond acceptors (Lipinski definition) is 5. The lowest BCUT2D eigenvalue weighted by atomic mass is 9.86. The predicted molar refractivity (Wildman–Crippen MR) is 110 cm³/mol. The Hall–Kier alpha value is -1.59. The fraction of sp³-hybridized carbons (Fsp3) is 0.682. The number of esters is 1. The molecule has 1 unspecified atom stereocenters. The highest BCUT2D eigenvalue weighted by atomic mass is 16.5. The van der Waals surface area contributed by atoms with Crippen LogP contribution in [-0.4, -0.2) is 69.2 Å². The van der Waals surface area contributed by atoms with Crippen LogP contribution < -0.4 is 4.90 Å². The molecule has 1 heterocycles. The molecule has 1 aromatic carbocycles. The van der Waals surface area contributed by atoms with E-state index in [0.717, 1.165) is 39.1 Å². The predicted octanol–water partition coefficient (Wildman–Crippen LogP) is 3.09. The zero-order valence-corrected chi connectivity index (χ0v) is 17.2. The van der Waals surface area contributed by atoms with Crippen LogP contribution in [0.25, 0.3) is 0 Å². The van der Waals surface area contributed by atoms with Gasteiger partial charge < -0.3 is 14.5 Å². The smallest absolute Gasteiger partial charge is 0.305 e. The van der Waals surface area contributed by atoms with Gasteiger partial charge in [-0.25, -0.2) is 0 Å². The summed E-state index contributed by atoms with van der Waals surface area (Å²) in [6.07, 6.45) is 5.19. The van der Waals surface area contributed by atoms with Gasteiger partial charge in [0.1, 0.15) is 0 Å². The van der Waals surface area contributed by atoms with Crippen molar-refractivity contribution in [1.82, 2.24) is 9.80 Å². The maximum absolute atomic E-state index is 11.5. The summed E-state index contributed by atoms with van der Waals surface area (Å²) in [5, 5.41) is 0. The molecule has 0 spiro atoms. The molecule has 0 amide bonds. The molecule has 0 radical (unpaired) electrons. The number of carbonyl (C=O) groups is 1. The summed E-state index contributed by atoms with van der Waals surface area (Å²) >= 11 is 0. The van der Waals surface area contributed by atoms with Crippen molar-refractivity contribution >= 4 is 11.7 Å². The van der Waals surface area contributed by atoms with E-state index >= 15 is 0 Å². The normalized spacial score (nSPS) is 20.6. The maximum Gasteiger partial charge on any atom is 0.305 e. The third-order valence-corrected chi connectivity index (χ3v) is 5.93. The Balaban J connectivity index is 1.52. The molecule has 27 heavy (non-hydrogen) atoms. The number of hydrogen-bond donors (Lipinski definition) is 0. The fourth-order valence-electron chi connectivity index (χ4n) is 4.40. The minimum absolute atomic E-state index is 0.0689. The lowest BCUT2D eigenvalue weighted by molar-refractivity contribution is -0.143. The van der Waals surface area contributed by atoms with Crippen molar-refractivity contribution in [3.8, 4) is 0 Å². The molecule has 0 bridgehead atoms. The molecule has 1 atom stereocenters. The molecule has 0 saturated carbocycles. The second-order valence-corrected chi connectivity index (χ2v) is 7.99. The van der Waals surface area contributed by atoms with Crippen LogP contribution in [0, 0.1) is 0 Å². The zero-order chi connectivity index (χ0) is 19.2. The van der Waals surface area contributed by atoms with Crippen LogP contribution in [0.2, 0.25) is 0 Å². The monoisotopic (exact) mass is 373 g/mol. The van der Waals surface area contributed by atoms with E-state index in [1.54, 1.807) is 0 Å². The first-order valence-corrected chi connectivity index (χ1v) is 10.5. The van der Waals surface area contributed by atoms with Crippen LogP contribution in [0.5, 0.6) is 0 Å². The summed E-state index contributed by atoms with van der Waals surface area (Å²) in [6.45, 7) is 7.58. The molecular weight excluding hydrogens is 338 g/mol. The second-order valence-electron chi connectivity index (χ2n) is 7.99. The van der Waals surface area contributed by atoms with E-state index < -0.39 is 0 Å². The van der Waals surface area contributed by atoms with E-state index in [1.807, 2.05) is 6.92 Å². The molecule has 1 fully saturated rings. The van der Waals surface area contributed by atoms with Crippen molar-refractivity contribution in [3.63, 3.8) is 0 Å². The van der Waals surface area contributed by atoms with Crippen LogP contribution in [0.1, 0.15) is 49.8 Å². The maximum atomic E-state index is 11.5. The number of aryl methyl sites for hydroxylation is 1. The van der Waals surface area contributed by atoms with E-state index in [0.29, 0.717) is 19.1 Å². The fourth-order valence-corrected chi connectivity index (χ4v) is 4.40. The van der Waals surface area contributed by atoms with Gasteiger partial charge in [-0.15, -0.1) is 0 Å². The van der Waals surface area contributed by atoms with E-state index in [2.05, 4.69) is 47.0 Å². The third kappa shape index (κ3) is 5.23. The number of ether oxygens (including phenoxy) is 1. The molecular formula is C22H35N3O2. The van der Waals surface area contributed by atoms with Crippen LogP contribution in [0.4, 0.5) is 5.69 Å². The van der Waals surface area contributed by atoms with Crippen molar-refractivity contribution in [2.75, 3.05) is 58.3 Å². The summed E-state index contributed by atoms with van der Waals surface area (Å²) in [5.74, 6) is -0.0689. The summed E-state index contributed by atoms with van der Waals surface area (Å²) in [7, 11) is 4.39. The van der Waals surface area contributed by atoms with Crippen molar-refractivity contribution < 1.29 is 9.53 Å². The third-order valence-electron chi connectivity index (χ3n) is 5.93. The lowest BCUT2D eigenvalue weighted by Crippen LogP contribution is -2.46. The van der Waals surface area contributed by atoms with Gasteiger partial charge in [0, 0.05) is 44.3 Å². The largest absolute Gasteiger partial charge is 0.466 e.